The largest absolute Gasteiger partial charge is 0.115 e. The molecule has 0 aliphatic rings. The van der Waals surface area contributed by atoms with Crippen molar-refractivity contribution in [2.75, 3.05) is 0 Å². The summed E-state index contributed by atoms with van der Waals surface area (Å²) in [6.45, 7) is 0. The van der Waals surface area contributed by atoms with Gasteiger partial charge in [-0.2, -0.15) is 0 Å². The van der Waals surface area contributed by atoms with Crippen LogP contribution in [0.3, 0.4) is 0 Å². The van der Waals surface area contributed by atoms with Crippen LogP contribution >= 0.6 is 0 Å². The van der Waals surface area contributed by atoms with E-state index in [0.29, 0.717) is 0 Å². The Morgan fingerprint density at radius 2 is 0.400 bits per heavy atom. The molecule has 0 saturated carbocycles. The molecule has 8 aromatic carbocycles. The van der Waals surface area contributed by atoms with E-state index in [2.05, 4.69) is 120 Å². The highest BCUT2D eigenvalue weighted by Gasteiger charge is 2.14. The second kappa shape index (κ2) is 16.7. The second-order valence-electron chi connectivity index (χ2n) is 14.2. The molecule has 0 aliphatic heterocycles. The predicted molar refractivity (Wildman–Crippen MR) is 252 cm³/mol. The molecule has 0 radical (unpaired) electrons. The van der Waals surface area contributed by atoms with Crippen molar-refractivity contribution in [1.82, 2.24) is 0 Å². The Kier molecular flexibility index (Phi) is 10.6. The average molecular weight is 755 g/mol. The standard InChI is InChI=1S/C60H34/c1-7-41-17-13-15-19-55(41)57-33-29-51(37-43(57)9-3)47-21-25-49(26-22-47)53-31-35-59(45(11-5)39-53)60-36-32-54(40-46(60)12-6)50-27-23-48(24-28-50)52-30-34-58(44(10-4)38-52)56-20-16-14-18-42(56)8-2/h1-6,13-40H. The lowest BCUT2D eigenvalue weighted by Gasteiger charge is -2.13. The molecule has 0 aliphatic carbocycles. The van der Waals surface area contributed by atoms with Gasteiger partial charge in [0, 0.05) is 33.4 Å². The van der Waals surface area contributed by atoms with E-state index >= 15 is 0 Å². The Morgan fingerprint density at radius 1 is 0.200 bits per heavy atom. The van der Waals surface area contributed by atoms with E-state index in [-0.39, 0.29) is 0 Å². The van der Waals surface area contributed by atoms with Crippen LogP contribution in [0.15, 0.2) is 170 Å². The van der Waals surface area contributed by atoms with Crippen molar-refractivity contribution in [3.63, 3.8) is 0 Å². The fourth-order valence-electron chi connectivity index (χ4n) is 7.71. The lowest BCUT2D eigenvalue weighted by molar-refractivity contribution is 1.52. The molecule has 8 rings (SSSR count). The Labute approximate surface area is 353 Å². The van der Waals surface area contributed by atoms with E-state index in [0.717, 1.165) is 111 Å². The molecule has 0 heterocycles. The smallest absolute Gasteiger partial charge is 0.0327 e. The maximum Gasteiger partial charge on any atom is 0.0327 e. The van der Waals surface area contributed by atoms with Crippen molar-refractivity contribution in [3.8, 4) is 152 Å². The maximum absolute atomic E-state index is 6.13. The average Bonchev–Trinajstić information content (AvgIpc) is 3.33. The normalized spacial score (nSPS) is 10.2. The lowest BCUT2D eigenvalue weighted by atomic mass is 9.90. The summed E-state index contributed by atoms with van der Waals surface area (Å²) < 4.78 is 0. The SMILES string of the molecule is C#Cc1ccccc1-c1ccc(-c2ccc(-c3ccc(-c4ccc(-c5ccc(-c6ccc(-c7ccccc7C#C)c(C#C)c6)cc5)cc4C#C)c(C#C)c3)cc2)cc1C#C. The number of terminal acetylenes is 6. The van der Waals surface area contributed by atoms with Crippen molar-refractivity contribution in [1.29, 1.82) is 0 Å². The van der Waals surface area contributed by atoms with E-state index in [4.69, 9.17) is 38.5 Å². The second-order valence-corrected chi connectivity index (χ2v) is 14.2. The van der Waals surface area contributed by atoms with Gasteiger partial charge >= 0.3 is 0 Å². The molecular formula is C60H34. The van der Waals surface area contributed by atoms with Crippen LogP contribution in [-0.2, 0) is 0 Å². The summed E-state index contributed by atoms with van der Waals surface area (Å²) in [4.78, 5) is 0. The molecule has 60 heavy (non-hydrogen) atoms. The zero-order chi connectivity index (χ0) is 41.6. The molecule has 0 spiro atoms. The van der Waals surface area contributed by atoms with E-state index in [1.54, 1.807) is 0 Å². The van der Waals surface area contributed by atoms with Crippen LogP contribution in [0, 0.1) is 74.1 Å². The van der Waals surface area contributed by atoms with Crippen LogP contribution in [0.5, 0.6) is 0 Å². The van der Waals surface area contributed by atoms with Crippen LogP contribution in [0.1, 0.15) is 33.4 Å². The number of rotatable bonds is 7. The zero-order valence-electron chi connectivity index (χ0n) is 32.6. The highest BCUT2D eigenvalue weighted by Crippen LogP contribution is 2.36. The summed E-state index contributed by atoms with van der Waals surface area (Å²) in [5.41, 5.74) is 18.5. The number of hydrogen-bond acceptors (Lipinski definition) is 0. The van der Waals surface area contributed by atoms with Crippen LogP contribution in [-0.4, -0.2) is 0 Å². The predicted octanol–water partition coefficient (Wildman–Crippen LogP) is 13.2. The van der Waals surface area contributed by atoms with E-state index in [1.807, 2.05) is 84.9 Å². The summed E-state index contributed by atoms with van der Waals surface area (Å²) in [7, 11) is 0. The van der Waals surface area contributed by atoms with Gasteiger partial charge in [0.1, 0.15) is 0 Å². The highest BCUT2D eigenvalue weighted by atomic mass is 14.2. The first-order valence-corrected chi connectivity index (χ1v) is 19.2. The van der Waals surface area contributed by atoms with Crippen LogP contribution in [0.4, 0.5) is 0 Å². The van der Waals surface area contributed by atoms with Gasteiger partial charge in [0.25, 0.3) is 0 Å². The van der Waals surface area contributed by atoms with E-state index < -0.39 is 0 Å². The molecule has 8 aromatic rings. The third kappa shape index (κ3) is 7.27. The topological polar surface area (TPSA) is 0 Å². The van der Waals surface area contributed by atoms with Crippen LogP contribution in [0.2, 0.25) is 0 Å². The van der Waals surface area contributed by atoms with Gasteiger partial charge in [-0.3, -0.25) is 0 Å². The van der Waals surface area contributed by atoms with Crippen molar-refractivity contribution in [2.24, 2.45) is 0 Å². The van der Waals surface area contributed by atoms with Crippen molar-refractivity contribution < 1.29 is 0 Å². The van der Waals surface area contributed by atoms with Gasteiger partial charge in [-0.15, -0.1) is 38.5 Å². The third-order valence-electron chi connectivity index (χ3n) is 10.8. The highest BCUT2D eigenvalue weighted by molar-refractivity contribution is 5.85. The minimum atomic E-state index is 0.756. The van der Waals surface area contributed by atoms with Gasteiger partial charge in [-0.05, 0) is 114 Å². The summed E-state index contributed by atoms with van der Waals surface area (Å²) >= 11 is 0. The first kappa shape index (κ1) is 38.0. The molecule has 0 aromatic heterocycles. The minimum Gasteiger partial charge on any atom is -0.115 e. The fraction of sp³-hybridized carbons (Fsp3) is 0. The van der Waals surface area contributed by atoms with Crippen LogP contribution < -0.4 is 0 Å². The Bertz CT molecular complexity index is 3010. The lowest BCUT2D eigenvalue weighted by Crippen LogP contribution is -1.92. The Hall–Kier alpha value is -8.88. The van der Waals surface area contributed by atoms with E-state index in [9.17, 15) is 0 Å². The molecule has 0 bridgehead atoms. The van der Waals surface area contributed by atoms with Gasteiger partial charge in [-0.1, -0.05) is 169 Å². The monoisotopic (exact) mass is 754 g/mol. The third-order valence-corrected chi connectivity index (χ3v) is 10.8. The van der Waals surface area contributed by atoms with Gasteiger partial charge in [0.05, 0.1) is 0 Å². The van der Waals surface area contributed by atoms with Crippen molar-refractivity contribution in [3.05, 3.63) is 203 Å². The van der Waals surface area contributed by atoms with Gasteiger partial charge in [-0.25, -0.2) is 0 Å². The fourth-order valence-corrected chi connectivity index (χ4v) is 7.71. The molecule has 0 N–H and O–H groups in total. The summed E-state index contributed by atoms with van der Waals surface area (Å²) in [5.74, 6) is 17.1. The molecule has 0 unspecified atom stereocenters. The molecule has 0 saturated heterocycles. The molecular weight excluding hydrogens is 721 g/mol. The summed E-state index contributed by atoms with van der Waals surface area (Å²) in [6.07, 6.45) is 35.8. The first-order valence-electron chi connectivity index (χ1n) is 19.2. The zero-order valence-corrected chi connectivity index (χ0v) is 32.6. The molecule has 0 atom stereocenters. The number of hydrogen-bond donors (Lipinski definition) is 0. The molecule has 274 valence electrons. The maximum atomic E-state index is 6.13. The summed E-state index contributed by atoms with van der Waals surface area (Å²) in [6, 6.07) is 57.0. The van der Waals surface area contributed by atoms with E-state index in [1.165, 1.54) is 0 Å². The quantitative estimate of drug-likeness (QED) is 0.142. The Morgan fingerprint density at radius 3 is 0.633 bits per heavy atom. The molecule has 0 nitrogen and oxygen atoms in total. The molecule has 0 heteroatoms. The van der Waals surface area contributed by atoms with Gasteiger partial charge in [0.15, 0.2) is 0 Å². The summed E-state index contributed by atoms with van der Waals surface area (Å²) in [5, 5.41) is 0. The van der Waals surface area contributed by atoms with Crippen LogP contribution in [0.25, 0.3) is 77.9 Å². The number of benzene rings is 8. The Balaban J connectivity index is 1.03. The van der Waals surface area contributed by atoms with Crippen molar-refractivity contribution in [2.45, 2.75) is 0 Å². The van der Waals surface area contributed by atoms with Crippen molar-refractivity contribution >= 4 is 0 Å². The first-order chi connectivity index (χ1) is 29.5. The molecule has 0 amide bonds. The van der Waals surface area contributed by atoms with Gasteiger partial charge in [0.2, 0.25) is 0 Å². The van der Waals surface area contributed by atoms with Gasteiger partial charge < -0.3 is 0 Å². The molecule has 0 fully saturated rings. The minimum absolute atomic E-state index is 0.756.